The molecule has 0 amide bonds. The minimum absolute atomic E-state index is 0.509. The highest BCUT2D eigenvalue weighted by molar-refractivity contribution is 6.10. The number of anilines is 6. The van der Waals surface area contributed by atoms with E-state index >= 15 is 0 Å². The maximum Gasteiger partial charge on any atom is 0.0515 e. The van der Waals surface area contributed by atoms with Crippen molar-refractivity contribution < 1.29 is 0 Å². The average molecular weight is 439 g/mol. The summed E-state index contributed by atoms with van der Waals surface area (Å²) in [5, 5.41) is 0. The normalized spacial score (nSPS) is 11.0. The van der Waals surface area contributed by atoms with Crippen LogP contribution in [0.5, 0.6) is 0 Å². The smallest absolute Gasteiger partial charge is 0.0515 e. The van der Waals surface area contributed by atoms with E-state index in [0.717, 1.165) is 50.1 Å². The molecule has 0 aliphatic carbocycles. The Labute approximate surface area is 194 Å². The van der Waals surface area contributed by atoms with Crippen molar-refractivity contribution >= 4 is 34.1 Å². The Balaban J connectivity index is 2.13. The molecule has 0 radical (unpaired) electrons. The molecule has 0 saturated heterocycles. The summed E-state index contributed by atoms with van der Waals surface area (Å²) in [6.07, 6.45) is 0. The molecule has 0 aliphatic heterocycles. The lowest BCUT2D eigenvalue weighted by molar-refractivity contribution is 1.44. The maximum absolute atomic E-state index is 6.78. The number of hydrogen-bond donors (Lipinski definition) is 6. The molecule has 33 heavy (non-hydrogen) atoms. The summed E-state index contributed by atoms with van der Waals surface area (Å²) in [5.41, 5.74) is 49.8. The van der Waals surface area contributed by atoms with E-state index in [-0.39, 0.29) is 0 Å². The molecule has 4 aromatic rings. The molecule has 0 bridgehead atoms. The van der Waals surface area contributed by atoms with E-state index in [0.29, 0.717) is 34.1 Å². The first-order valence-corrected chi connectivity index (χ1v) is 10.7. The van der Waals surface area contributed by atoms with Crippen LogP contribution in [0.1, 0.15) is 16.7 Å². The molecule has 0 fully saturated rings. The molecule has 6 nitrogen and oxygen atoms in total. The van der Waals surface area contributed by atoms with Crippen molar-refractivity contribution in [1.82, 2.24) is 0 Å². The first-order valence-electron chi connectivity index (χ1n) is 10.7. The van der Waals surface area contributed by atoms with E-state index < -0.39 is 0 Å². The van der Waals surface area contributed by atoms with Crippen molar-refractivity contribution in [3.8, 4) is 33.4 Å². The van der Waals surface area contributed by atoms with Crippen molar-refractivity contribution in [3.05, 3.63) is 71.3 Å². The highest BCUT2D eigenvalue weighted by atomic mass is 14.7. The molecular formula is C27H30N6. The zero-order chi connectivity index (χ0) is 24.0. The van der Waals surface area contributed by atoms with Crippen LogP contribution in [0.15, 0.2) is 54.6 Å². The minimum Gasteiger partial charge on any atom is -0.399 e. The summed E-state index contributed by atoms with van der Waals surface area (Å²) in [4.78, 5) is 0. The number of rotatable bonds is 3. The average Bonchev–Trinajstić information content (AvgIpc) is 2.75. The number of aryl methyl sites for hydroxylation is 3. The van der Waals surface area contributed by atoms with Gasteiger partial charge in [-0.3, -0.25) is 0 Å². The Bertz CT molecular complexity index is 1210. The summed E-state index contributed by atoms with van der Waals surface area (Å²) >= 11 is 0. The fourth-order valence-electron chi connectivity index (χ4n) is 4.24. The van der Waals surface area contributed by atoms with Crippen LogP contribution < -0.4 is 34.4 Å². The molecule has 0 aliphatic rings. The van der Waals surface area contributed by atoms with E-state index in [4.69, 9.17) is 34.4 Å². The molecule has 0 heterocycles. The molecule has 0 atom stereocenters. The lowest BCUT2D eigenvalue weighted by Gasteiger charge is -2.23. The second-order valence-electron chi connectivity index (χ2n) is 8.58. The Morgan fingerprint density at radius 2 is 0.636 bits per heavy atom. The van der Waals surface area contributed by atoms with Gasteiger partial charge in [-0.15, -0.1) is 0 Å². The lowest BCUT2D eigenvalue weighted by Crippen LogP contribution is -2.07. The first-order chi connectivity index (χ1) is 15.6. The van der Waals surface area contributed by atoms with E-state index in [1.54, 1.807) is 0 Å². The van der Waals surface area contributed by atoms with Gasteiger partial charge in [-0.2, -0.15) is 0 Å². The highest BCUT2D eigenvalue weighted by Gasteiger charge is 2.23. The predicted octanol–water partition coefficient (Wildman–Crippen LogP) is 5.11. The summed E-state index contributed by atoms with van der Waals surface area (Å²) in [7, 11) is 0. The fourth-order valence-corrected chi connectivity index (χ4v) is 4.24. The summed E-state index contributed by atoms with van der Waals surface area (Å²) in [6, 6.07) is 17.3. The largest absolute Gasteiger partial charge is 0.399 e. The topological polar surface area (TPSA) is 156 Å². The highest BCUT2D eigenvalue weighted by Crippen LogP contribution is 2.50. The van der Waals surface area contributed by atoms with Crippen molar-refractivity contribution in [2.45, 2.75) is 20.8 Å². The second kappa shape index (κ2) is 7.98. The van der Waals surface area contributed by atoms with Gasteiger partial charge in [0.25, 0.3) is 0 Å². The Morgan fingerprint density at radius 1 is 0.394 bits per heavy atom. The molecule has 168 valence electrons. The molecule has 0 aromatic heterocycles. The molecule has 0 unspecified atom stereocenters. The SMILES string of the molecule is Cc1cc(-c2c(N)c(-c3ccc(N)c(C)c3)c(N)c(-c3ccc(N)c(C)c3)c2N)ccc1N. The van der Waals surface area contributed by atoms with Crippen LogP contribution in [-0.2, 0) is 0 Å². The summed E-state index contributed by atoms with van der Waals surface area (Å²) < 4.78 is 0. The molecule has 12 N–H and O–H groups in total. The maximum atomic E-state index is 6.78. The van der Waals surface area contributed by atoms with Crippen LogP contribution in [0.3, 0.4) is 0 Å². The van der Waals surface area contributed by atoms with E-state index in [1.165, 1.54) is 0 Å². The van der Waals surface area contributed by atoms with Gasteiger partial charge >= 0.3 is 0 Å². The second-order valence-corrected chi connectivity index (χ2v) is 8.58. The third kappa shape index (κ3) is 3.65. The number of hydrogen-bond acceptors (Lipinski definition) is 6. The Hall–Kier alpha value is -4.32. The van der Waals surface area contributed by atoms with Crippen molar-refractivity contribution in [2.24, 2.45) is 0 Å². The van der Waals surface area contributed by atoms with Crippen LogP contribution in [0.2, 0.25) is 0 Å². The minimum atomic E-state index is 0.509. The van der Waals surface area contributed by atoms with Gasteiger partial charge in [0.05, 0.1) is 17.1 Å². The van der Waals surface area contributed by atoms with Gasteiger partial charge in [0, 0.05) is 33.8 Å². The van der Waals surface area contributed by atoms with Crippen LogP contribution in [0, 0.1) is 20.8 Å². The number of nitrogens with two attached hydrogens (primary N) is 6. The van der Waals surface area contributed by atoms with E-state index in [1.807, 2.05) is 75.4 Å². The summed E-state index contributed by atoms with van der Waals surface area (Å²) in [6.45, 7) is 5.87. The van der Waals surface area contributed by atoms with E-state index in [9.17, 15) is 0 Å². The Morgan fingerprint density at radius 3 is 0.848 bits per heavy atom. The van der Waals surface area contributed by atoms with Crippen molar-refractivity contribution in [2.75, 3.05) is 34.4 Å². The number of nitrogen functional groups attached to an aromatic ring is 6. The van der Waals surface area contributed by atoms with E-state index in [2.05, 4.69) is 0 Å². The summed E-state index contributed by atoms with van der Waals surface area (Å²) in [5.74, 6) is 0. The third-order valence-corrected chi connectivity index (χ3v) is 6.29. The first kappa shape index (κ1) is 21.9. The van der Waals surface area contributed by atoms with Gasteiger partial charge in [-0.25, -0.2) is 0 Å². The fraction of sp³-hybridized carbons (Fsp3) is 0.111. The third-order valence-electron chi connectivity index (χ3n) is 6.29. The lowest BCUT2D eigenvalue weighted by atomic mass is 9.86. The van der Waals surface area contributed by atoms with Crippen molar-refractivity contribution in [3.63, 3.8) is 0 Å². The molecule has 4 rings (SSSR count). The van der Waals surface area contributed by atoms with Crippen LogP contribution in [0.25, 0.3) is 33.4 Å². The standard InChI is InChI=1S/C27H30N6/c1-13-10-16(4-7-19(13)28)22-25(31)23(17-5-8-20(29)14(2)11-17)27(33)24(26(22)32)18-6-9-21(30)15(3)12-18/h4-12H,28-33H2,1-3H3. The predicted molar refractivity (Wildman–Crippen MR) is 143 cm³/mol. The van der Waals surface area contributed by atoms with Gasteiger partial charge in [0.2, 0.25) is 0 Å². The van der Waals surface area contributed by atoms with Crippen LogP contribution in [0.4, 0.5) is 34.1 Å². The zero-order valence-corrected chi connectivity index (χ0v) is 19.2. The van der Waals surface area contributed by atoms with Crippen molar-refractivity contribution in [1.29, 1.82) is 0 Å². The molecule has 4 aromatic carbocycles. The van der Waals surface area contributed by atoms with Gasteiger partial charge in [-0.05, 0) is 90.6 Å². The number of benzene rings is 4. The molecular weight excluding hydrogens is 408 g/mol. The van der Waals surface area contributed by atoms with Crippen LogP contribution >= 0.6 is 0 Å². The van der Waals surface area contributed by atoms with Crippen LogP contribution in [-0.4, -0.2) is 0 Å². The monoisotopic (exact) mass is 438 g/mol. The van der Waals surface area contributed by atoms with Gasteiger partial charge in [0.15, 0.2) is 0 Å². The molecule has 0 spiro atoms. The molecule has 6 heteroatoms. The molecule has 0 saturated carbocycles. The van der Waals surface area contributed by atoms with Gasteiger partial charge in [0.1, 0.15) is 0 Å². The zero-order valence-electron chi connectivity index (χ0n) is 19.2. The Kier molecular flexibility index (Phi) is 5.30. The van der Waals surface area contributed by atoms with Gasteiger partial charge < -0.3 is 34.4 Å². The van der Waals surface area contributed by atoms with Gasteiger partial charge in [-0.1, -0.05) is 18.2 Å². The quantitative estimate of drug-likeness (QED) is 0.244.